The molecule has 0 aromatic rings. The Kier molecular flexibility index (Phi) is 3.55. The lowest BCUT2D eigenvalue weighted by Gasteiger charge is -2.19. The van der Waals surface area contributed by atoms with Gasteiger partial charge in [0.15, 0.2) is 0 Å². The van der Waals surface area contributed by atoms with Crippen LogP contribution in [-0.2, 0) is 0 Å². The van der Waals surface area contributed by atoms with Gasteiger partial charge in [-0.25, -0.2) is 0 Å². The maximum Gasteiger partial charge on any atom is 0.0249 e. The second-order valence-electron chi connectivity index (χ2n) is 2.92. The topological polar surface area (TPSA) is 26.0 Å². The monoisotopic (exact) mass is 127 g/mol. The molecule has 0 saturated carbocycles. The first-order valence-electron chi connectivity index (χ1n) is 3.47. The molecule has 0 aliphatic rings. The van der Waals surface area contributed by atoms with E-state index in [9.17, 15) is 0 Å². The number of rotatable bonds is 3. The Bertz CT molecular complexity index is 86.6. The SMILES string of the molecule is C=CC(N)C(C)C(C)C. The minimum Gasteiger partial charge on any atom is -0.324 e. The van der Waals surface area contributed by atoms with Crippen LogP contribution < -0.4 is 5.73 Å². The molecule has 0 aromatic heterocycles. The fraction of sp³-hybridized carbons (Fsp3) is 0.750. The second-order valence-corrected chi connectivity index (χ2v) is 2.92. The van der Waals surface area contributed by atoms with E-state index in [1.807, 2.05) is 6.08 Å². The Morgan fingerprint density at radius 2 is 1.78 bits per heavy atom. The van der Waals surface area contributed by atoms with E-state index in [1.54, 1.807) is 0 Å². The van der Waals surface area contributed by atoms with Gasteiger partial charge in [0.25, 0.3) is 0 Å². The summed E-state index contributed by atoms with van der Waals surface area (Å²) in [6, 6.07) is 0.157. The van der Waals surface area contributed by atoms with E-state index in [1.165, 1.54) is 0 Å². The Morgan fingerprint density at radius 3 is 1.89 bits per heavy atom. The first-order valence-corrected chi connectivity index (χ1v) is 3.47. The van der Waals surface area contributed by atoms with Crippen LogP contribution in [0, 0.1) is 11.8 Å². The Morgan fingerprint density at radius 1 is 1.33 bits per heavy atom. The summed E-state index contributed by atoms with van der Waals surface area (Å²) >= 11 is 0. The number of nitrogens with two attached hydrogens (primary N) is 1. The van der Waals surface area contributed by atoms with Gasteiger partial charge in [0, 0.05) is 6.04 Å². The van der Waals surface area contributed by atoms with Crippen LogP contribution in [0.25, 0.3) is 0 Å². The van der Waals surface area contributed by atoms with Crippen molar-refractivity contribution in [1.82, 2.24) is 0 Å². The molecule has 0 aliphatic carbocycles. The molecule has 0 aliphatic heterocycles. The van der Waals surface area contributed by atoms with Crippen molar-refractivity contribution in [3.05, 3.63) is 12.7 Å². The standard InChI is InChI=1S/C8H17N/c1-5-8(9)7(4)6(2)3/h5-8H,1,9H2,2-4H3. The number of hydrogen-bond donors (Lipinski definition) is 1. The van der Waals surface area contributed by atoms with Crippen molar-refractivity contribution in [2.75, 3.05) is 0 Å². The van der Waals surface area contributed by atoms with E-state index >= 15 is 0 Å². The zero-order valence-electron chi connectivity index (χ0n) is 6.59. The zero-order chi connectivity index (χ0) is 7.44. The third-order valence-electron chi connectivity index (χ3n) is 1.93. The lowest BCUT2D eigenvalue weighted by molar-refractivity contribution is 0.384. The summed E-state index contributed by atoms with van der Waals surface area (Å²) in [5.74, 6) is 1.19. The van der Waals surface area contributed by atoms with Crippen molar-refractivity contribution < 1.29 is 0 Å². The second kappa shape index (κ2) is 3.67. The highest BCUT2D eigenvalue weighted by molar-refractivity contribution is 4.87. The molecule has 0 rings (SSSR count). The molecule has 0 spiro atoms. The zero-order valence-corrected chi connectivity index (χ0v) is 6.59. The average molecular weight is 127 g/mol. The third-order valence-corrected chi connectivity index (χ3v) is 1.93. The smallest absolute Gasteiger partial charge is 0.0249 e. The van der Waals surface area contributed by atoms with E-state index in [0.29, 0.717) is 11.8 Å². The Balaban J connectivity index is 3.71. The first kappa shape index (κ1) is 8.70. The third kappa shape index (κ3) is 2.66. The molecule has 1 nitrogen and oxygen atoms in total. The lowest BCUT2D eigenvalue weighted by atomic mass is 9.91. The molecule has 0 bridgehead atoms. The molecule has 1 heteroatoms. The van der Waals surface area contributed by atoms with E-state index in [-0.39, 0.29) is 6.04 Å². The summed E-state index contributed by atoms with van der Waals surface area (Å²) in [4.78, 5) is 0. The van der Waals surface area contributed by atoms with Gasteiger partial charge >= 0.3 is 0 Å². The molecule has 9 heavy (non-hydrogen) atoms. The molecule has 0 amide bonds. The van der Waals surface area contributed by atoms with Crippen LogP contribution in [0.4, 0.5) is 0 Å². The maximum atomic E-state index is 5.70. The van der Waals surface area contributed by atoms with Gasteiger partial charge in [0.05, 0.1) is 0 Å². The van der Waals surface area contributed by atoms with Crippen LogP contribution in [0.1, 0.15) is 20.8 Å². The van der Waals surface area contributed by atoms with Crippen molar-refractivity contribution in [1.29, 1.82) is 0 Å². The molecule has 0 fully saturated rings. The van der Waals surface area contributed by atoms with Gasteiger partial charge in [-0.3, -0.25) is 0 Å². The van der Waals surface area contributed by atoms with Crippen LogP contribution in [0.15, 0.2) is 12.7 Å². The van der Waals surface area contributed by atoms with Gasteiger partial charge in [0.1, 0.15) is 0 Å². The molecule has 2 unspecified atom stereocenters. The van der Waals surface area contributed by atoms with Crippen LogP contribution in [0.5, 0.6) is 0 Å². The molecule has 0 heterocycles. The molecule has 2 N–H and O–H groups in total. The highest BCUT2D eigenvalue weighted by Crippen LogP contribution is 2.12. The summed E-state index contributed by atoms with van der Waals surface area (Å²) in [5.41, 5.74) is 5.70. The Hall–Kier alpha value is -0.300. The summed E-state index contributed by atoms with van der Waals surface area (Å²) in [6.45, 7) is 10.1. The maximum absolute atomic E-state index is 5.70. The predicted octanol–water partition coefficient (Wildman–Crippen LogP) is 1.79. The van der Waals surface area contributed by atoms with Gasteiger partial charge in [-0.05, 0) is 11.8 Å². The van der Waals surface area contributed by atoms with E-state index in [0.717, 1.165) is 0 Å². The average Bonchev–Trinajstić information content (AvgIpc) is 1.84. The minimum absolute atomic E-state index is 0.157. The minimum atomic E-state index is 0.157. The van der Waals surface area contributed by atoms with Crippen LogP contribution >= 0.6 is 0 Å². The van der Waals surface area contributed by atoms with Gasteiger partial charge < -0.3 is 5.73 Å². The highest BCUT2D eigenvalue weighted by Gasteiger charge is 2.11. The lowest BCUT2D eigenvalue weighted by Crippen LogP contribution is -2.28. The summed E-state index contributed by atoms with van der Waals surface area (Å²) in [5, 5.41) is 0. The number of hydrogen-bond acceptors (Lipinski definition) is 1. The molecule has 0 aromatic carbocycles. The summed E-state index contributed by atoms with van der Waals surface area (Å²) < 4.78 is 0. The van der Waals surface area contributed by atoms with E-state index in [4.69, 9.17) is 5.73 Å². The van der Waals surface area contributed by atoms with Gasteiger partial charge in [0.2, 0.25) is 0 Å². The van der Waals surface area contributed by atoms with Crippen LogP contribution in [0.2, 0.25) is 0 Å². The largest absolute Gasteiger partial charge is 0.324 e. The van der Waals surface area contributed by atoms with Gasteiger partial charge in [-0.15, -0.1) is 6.58 Å². The van der Waals surface area contributed by atoms with E-state index in [2.05, 4.69) is 27.4 Å². The van der Waals surface area contributed by atoms with Crippen molar-refractivity contribution in [2.24, 2.45) is 17.6 Å². The molecule has 0 radical (unpaired) electrons. The van der Waals surface area contributed by atoms with Crippen molar-refractivity contribution >= 4 is 0 Å². The Labute approximate surface area is 57.9 Å². The summed E-state index contributed by atoms with van der Waals surface area (Å²) in [7, 11) is 0. The predicted molar refractivity (Wildman–Crippen MR) is 42.2 cm³/mol. The van der Waals surface area contributed by atoms with Gasteiger partial charge in [-0.1, -0.05) is 26.8 Å². The van der Waals surface area contributed by atoms with Crippen LogP contribution in [0.3, 0.4) is 0 Å². The molecular weight excluding hydrogens is 110 g/mol. The molecular formula is C8H17N. The van der Waals surface area contributed by atoms with E-state index < -0.39 is 0 Å². The fourth-order valence-electron chi connectivity index (χ4n) is 0.659. The van der Waals surface area contributed by atoms with Crippen molar-refractivity contribution in [2.45, 2.75) is 26.8 Å². The normalized spacial score (nSPS) is 17.4. The van der Waals surface area contributed by atoms with Crippen LogP contribution in [-0.4, -0.2) is 6.04 Å². The van der Waals surface area contributed by atoms with Crippen molar-refractivity contribution in [3.8, 4) is 0 Å². The molecule has 0 saturated heterocycles. The quantitative estimate of drug-likeness (QED) is 0.575. The summed E-state index contributed by atoms with van der Waals surface area (Å²) in [6.07, 6.45) is 1.81. The van der Waals surface area contributed by atoms with Gasteiger partial charge in [-0.2, -0.15) is 0 Å². The highest BCUT2D eigenvalue weighted by atomic mass is 14.6. The first-order chi connectivity index (χ1) is 4.09. The molecule has 2 atom stereocenters. The van der Waals surface area contributed by atoms with Crippen molar-refractivity contribution in [3.63, 3.8) is 0 Å². The molecule has 54 valence electrons. The fourth-order valence-corrected chi connectivity index (χ4v) is 0.659.